The van der Waals surface area contributed by atoms with Gasteiger partial charge in [0.2, 0.25) is 0 Å². The van der Waals surface area contributed by atoms with Crippen LogP contribution in [0.3, 0.4) is 0 Å². The van der Waals surface area contributed by atoms with E-state index < -0.39 is 0 Å². The highest BCUT2D eigenvalue weighted by Gasteiger charge is 2.37. The average Bonchev–Trinajstić information content (AvgIpc) is 3.18. The molecule has 63 heavy (non-hydrogen) atoms. The zero-order chi connectivity index (χ0) is 49.4. The van der Waals surface area contributed by atoms with Gasteiger partial charge in [-0.05, 0) is 30.6 Å². The normalized spacial score (nSPS) is 13.8. The number of hydrogen-bond donors (Lipinski definition) is 1. The van der Waals surface area contributed by atoms with Gasteiger partial charge in [0.15, 0.2) is 0 Å². The van der Waals surface area contributed by atoms with Crippen molar-refractivity contribution in [2.75, 3.05) is 85.9 Å². The van der Waals surface area contributed by atoms with Crippen LogP contribution in [0.2, 0.25) is 0 Å². The number of esters is 3. The lowest BCUT2D eigenvalue weighted by atomic mass is 9.81. The summed E-state index contributed by atoms with van der Waals surface area (Å²) in [6.07, 6.45) is 1.37. The second-order valence-corrected chi connectivity index (χ2v) is 20.5. The SMILES string of the molecule is CC(C)C(=O)OCCOCCOCC(C)(C)C(OC(=O)C(C)C)C(C)C.CCCOCCOCC(C)(C)C(O)C(C)C.CCCOCCOCC(C)(C)C(OC(=O)C(C)C)C(C)C. The molecule has 0 rings (SSSR count). The Morgan fingerprint density at radius 2 is 0.683 bits per heavy atom. The number of rotatable bonds is 33. The average molecular weight is 909 g/mol. The van der Waals surface area contributed by atoms with Gasteiger partial charge in [-0.15, -0.1) is 0 Å². The van der Waals surface area contributed by atoms with Gasteiger partial charge in [0.25, 0.3) is 0 Å². The second-order valence-electron chi connectivity index (χ2n) is 20.5. The minimum absolute atomic E-state index is 0.106. The van der Waals surface area contributed by atoms with Gasteiger partial charge in [0.1, 0.15) is 18.8 Å². The third-order valence-electron chi connectivity index (χ3n) is 9.79. The Morgan fingerprint density at radius 3 is 0.968 bits per heavy atom. The first-order valence-electron chi connectivity index (χ1n) is 23.8. The van der Waals surface area contributed by atoms with Gasteiger partial charge in [-0.2, -0.15) is 0 Å². The summed E-state index contributed by atoms with van der Waals surface area (Å²) in [5.41, 5.74) is -0.714. The van der Waals surface area contributed by atoms with Gasteiger partial charge in [0.05, 0.1) is 89.9 Å². The first-order valence-corrected chi connectivity index (χ1v) is 23.8. The van der Waals surface area contributed by atoms with Crippen molar-refractivity contribution in [1.82, 2.24) is 0 Å². The quantitative estimate of drug-likeness (QED) is 0.0378. The molecule has 0 heterocycles. The first kappa shape index (κ1) is 65.4. The molecule has 0 saturated carbocycles. The highest BCUT2D eigenvalue weighted by molar-refractivity contribution is 5.72. The molecule has 0 fully saturated rings. The van der Waals surface area contributed by atoms with Crippen LogP contribution in [0.5, 0.6) is 0 Å². The molecule has 3 atom stereocenters. The second kappa shape index (κ2) is 36.3. The Hall–Kier alpha value is -1.87. The molecule has 0 aromatic heterocycles. The summed E-state index contributed by atoms with van der Waals surface area (Å²) in [6.45, 7) is 46.8. The van der Waals surface area contributed by atoms with Crippen molar-refractivity contribution >= 4 is 17.9 Å². The van der Waals surface area contributed by atoms with E-state index in [2.05, 4.69) is 41.5 Å². The molecular weight excluding hydrogens is 809 g/mol. The van der Waals surface area contributed by atoms with Crippen molar-refractivity contribution in [3.05, 3.63) is 0 Å². The third-order valence-corrected chi connectivity index (χ3v) is 9.79. The Bertz CT molecular complexity index is 1130. The van der Waals surface area contributed by atoms with E-state index in [1.54, 1.807) is 13.8 Å². The fourth-order valence-electron chi connectivity index (χ4n) is 6.39. The Labute approximate surface area is 386 Å². The fraction of sp³-hybridized carbons (Fsp3) is 0.940. The number of carbonyl (C=O) groups is 3. The topological polar surface area (TPSA) is 155 Å². The molecule has 0 radical (unpaired) electrons. The minimum Gasteiger partial charge on any atom is -0.463 e. The molecular formula is C50H100O13. The Balaban J connectivity index is -0.000000883. The maximum absolute atomic E-state index is 12.0. The van der Waals surface area contributed by atoms with E-state index in [1.807, 2.05) is 83.1 Å². The monoisotopic (exact) mass is 909 g/mol. The number of carbonyl (C=O) groups excluding carboxylic acids is 3. The molecule has 1 N–H and O–H groups in total. The molecule has 378 valence electrons. The summed E-state index contributed by atoms with van der Waals surface area (Å²) in [6, 6.07) is 0. The summed E-state index contributed by atoms with van der Waals surface area (Å²) in [4.78, 5) is 35.1. The van der Waals surface area contributed by atoms with Crippen LogP contribution in [-0.2, 0) is 57.0 Å². The number of hydrogen-bond acceptors (Lipinski definition) is 13. The molecule has 0 aliphatic heterocycles. The van der Waals surface area contributed by atoms with Gasteiger partial charge in [0, 0.05) is 29.5 Å². The largest absolute Gasteiger partial charge is 0.463 e. The van der Waals surface area contributed by atoms with E-state index in [0.717, 1.165) is 26.1 Å². The lowest BCUT2D eigenvalue weighted by Crippen LogP contribution is -2.42. The molecule has 0 amide bonds. The van der Waals surface area contributed by atoms with Crippen molar-refractivity contribution < 1.29 is 62.1 Å². The van der Waals surface area contributed by atoms with Crippen molar-refractivity contribution in [3.8, 4) is 0 Å². The van der Waals surface area contributed by atoms with Gasteiger partial charge in [-0.25, -0.2) is 0 Å². The van der Waals surface area contributed by atoms with E-state index in [0.29, 0.717) is 66.1 Å². The predicted molar refractivity (Wildman–Crippen MR) is 253 cm³/mol. The molecule has 0 aliphatic carbocycles. The van der Waals surface area contributed by atoms with E-state index in [1.165, 1.54) is 0 Å². The van der Waals surface area contributed by atoms with E-state index in [4.69, 9.17) is 42.6 Å². The van der Waals surface area contributed by atoms with Crippen LogP contribution >= 0.6 is 0 Å². The zero-order valence-corrected chi connectivity index (χ0v) is 44.1. The van der Waals surface area contributed by atoms with Crippen molar-refractivity contribution in [2.24, 2.45) is 51.8 Å². The Kier molecular flexibility index (Phi) is 37.7. The standard InChI is InChI=1S/C20H38O6.C17H34O4.C13H28O3/c1-14(2)17(26-19(22)16(5)6)20(7,8)13-24-10-9-23-11-12-25-18(21)15(3)4;1-8-9-19-10-11-20-12-17(6,7)15(13(2)3)21-16(18)14(4)5;1-6-7-15-8-9-16-10-13(4,5)12(14)11(2)3/h14-17H,9-13H2,1-8H3;13-15H,8-12H2,1-7H3;11-12,14H,6-10H2,1-5H3. The van der Waals surface area contributed by atoms with Gasteiger partial charge in [-0.1, -0.05) is 138 Å². The molecule has 0 bridgehead atoms. The molecule has 13 heteroatoms. The minimum atomic E-state index is -0.330. The molecule has 3 unspecified atom stereocenters. The third kappa shape index (κ3) is 33.3. The summed E-state index contributed by atoms with van der Waals surface area (Å²) < 4.78 is 49.5. The fourth-order valence-corrected chi connectivity index (χ4v) is 6.39. The van der Waals surface area contributed by atoms with E-state index in [9.17, 15) is 19.5 Å². The molecule has 0 spiro atoms. The molecule has 0 saturated heterocycles. The van der Waals surface area contributed by atoms with Gasteiger partial charge >= 0.3 is 17.9 Å². The first-order chi connectivity index (χ1) is 29.1. The molecule has 13 nitrogen and oxygen atoms in total. The molecule has 0 aromatic carbocycles. The number of aliphatic hydroxyl groups is 1. The summed E-state index contributed by atoms with van der Waals surface area (Å²) in [5.74, 6) is -0.219. The number of aliphatic hydroxyl groups excluding tert-OH is 1. The molecule has 0 aromatic rings. The maximum atomic E-state index is 12.0. The van der Waals surface area contributed by atoms with E-state index in [-0.39, 0.29) is 94.6 Å². The summed E-state index contributed by atoms with van der Waals surface area (Å²) >= 11 is 0. The highest BCUT2D eigenvalue weighted by Crippen LogP contribution is 2.31. The van der Waals surface area contributed by atoms with Crippen LogP contribution in [-0.4, -0.2) is 127 Å². The molecule has 0 aliphatic rings. The van der Waals surface area contributed by atoms with Crippen LogP contribution in [0.25, 0.3) is 0 Å². The smallest absolute Gasteiger partial charge is 0.308 e. The van der Waals surface area contributed by atoms with Crippen LogP contribution in [0.4, 0.5) is 0 Å². The lowest BCUT2D eigenvalue weighted by Gasteiger charge is -2.36. The van der Waals surface area contributed by atoms with Crippen LogP contribution < -0.4 is 0 Å². The van der Waals surface area contributed by atoms with E-state index >= 15 is 0 Å². The summed E-state index contributed by atoms with van der Waals surface area (Å²) in [5, 5.41) is 9.98. The van der Waals surface area contributed by atoms with Gasteiger partial charge < -0.3 is 47.7 Å². The van der Waals surface area contributed by atoms with Crippen LogP contribution in [0, 0.1) is 51.8 Å². The van der Waals surface area contributed by atoms with Crippen LogP contribution in [0.15, 0.2) is 0 Å². The lowest BCUT2D eigenvalue weighted by molar-refractivity contribution is -0.167. The van der Waals surface area contributed by atoms with Crippen molar-refractivity contribution in [2.45, 2.75) is 170 Å². The zero-order valence-electron chi connectivity index (χ0n) is 44.1. The van der Waals surface area contributed by atoms with Crippen LogP contribution in [0.1, 0.15) is 151 Å². The Morgan fingerprint density at radius 1 is 0.397 bits per heavy atom. The predicted octanol–water partition coefficient (Wildman–Crippen LogP) is 9.62. The van der Waals surface area contributed by atoms with Crippen molar-refractivity contribution in [1.29, 1.82) is 0 Å². The maximum Gasteiger partial charge on any atom is 0.308 e. The summed E-state index contributed by atoms with van der Waals surface area (Å²) in [7, 11) is 0. The highest BCUT2D eigenvalue weighted by atomic mass is 16.6. The van der Waals surface area contributed by atoms with Crippen molar-refractivity contribution in [3.63, 3.8) is 0 Å². The number of ether oxygens (including phenoxy) is 9. The van der Waals surface area contributed by atoms with Gasteiger partial charge in [-0.3, -0.25) is 14.4 Å².